The van der Waals surface area contributed by atoms with E-state index in [1.54, 1.807) is 0 Å². The predicted molar refractivity (Wildman–Crippen MR) is 236 cm³/mol. The van der Waals surface area contributed by atoms with E-state index in [0.717, 1.165) is 45.3 Å². The summed E-state index contributed by atoms with van der Waals surface area (Å²) in [5.41, 5.74) is 10.6. The molecular weight excluding hydrogens is 765 g/mol. The topological polar surface area (TPSA) is 80.3 Å². The summed E-state index contributed by atoms with van der Waals surface area (Å²) in [6.45, 7) is 19.0. The number of aryl methyl sites for hydroxylation is 2. The molecule has 0 N–H and O–H groups in total. The minimum Gasteiger partial charge on any atom is -0.351 e. The summed E-state index contributed by atoms with van der Waals surface area (Å²) >= 11 is 0. The van der Waals surface area contributed by atoms with E-state index in [2.05, 4.69) is 145 Å². The third-order valence-corrected chi connectivity index (χ3v) is 13.9. The monoisotopic (exact) mass is 824 g/mol. The Hall–Kier alpha value is -4.19. The number of benzene rings is 5. The fourth-order valence-electron chi connectivity index (χ4n) is 6.42. The van der Waals surface area contributed by atoms with Crippen molar-refractivity contribution in [3.63, 3.8) is 0 Å². The molecule has 0 heterocycles. The molecule has 310 valence electrons. The van der Waals surface area contributed by atoms with E-state index in [-0.39, 0.29) is 0 Å². The van der Waals surface area contributed by atoms with E-state index < -0.39 is 18.1 Å². The zero-order valence-corrected chi connectivity index (χ0v) is 37.4. The Balaban J connectivity index is 1.43. The molecule has 0 aliphatic rings. The zero-order chi connectivity index (χ0) is 41.4. The first-order valence-electron chi connectivity index (χ1n) is 20.3. The van der Waals surface area contributed by atoms with Gasteiger partial charge in [-0.2, -0.15) is 0 Å². The maximum Gasteiger partial charge on any atom is 0.679 e. The lowest BCUT2D eigenvalue weighted by Gasteiger charge is -2.29. The molecule has 0 aromatic heterocycles. The molecule has 5 rings (SSSR count). The summed E-state index contributed by atoms with van der Waals surface area (Å²) in [6.07, 6.45) is 0. The zero-order valence-electron chi connectivity index (χ0n) is 35.4. The number of hydrogen-bond donors (Lipinski definition) is 0. The fourth-order valence-corrected chi connectivity index (χ4v) is 10.2. The predicted octanol–water partition coefficient (Wildman–Crippen LogP) is 11.4. The quantitative estimate of drug-likeness (QED) is 0.0561. The van der Waals surface area contributed by atoms with Crippen molar-refractivity contribution in [1.82, 2.24) is 0 Å². The molecule has 10 nitrogen and oxygen atoms in total. The molecule has 0 spiro atoms. The van der Waals surface area contributed by atoms with Crippen molar-refractivity contribution in [3.05, 3.63) is 144 Å². The van der Waals surface area contributed by atoms with Gasteiger partial charge in [0.1, 0.15) is 0 Å². The normalized spacial score (nSPS) is 11.9. The number of anilines is 6. The van der Waals surface area contributed by atoms with Crippen molar-refractivity contribution in [2.75, 3.05) is 49.4 Å². The SMILES string of the molecule is CCO[Si](OCC)(OCC)OCc1ccc(N(c2ccc(C)cc2)c2ccc(N(c3ccc(C)cc3)c3ccc(CO[Si](OCC)(OCC)OCC)cc3)cc2)cc1. The summed E-state index contributed by atoms with van der Waals surface area (Å²) in [5.74, 6) is 0. The molecule has 0 saturated carbocycles. The van der Waals surface area contributed by atoms with Gasteiger partial charge in [-0.3, -0.25) is 0 Å². The van der Waals surface area contributed by atoms with E-state index in [1.807, 2.05) is 41.5 Å². The lowest BCUT2D eigenvalue weighted by atomic mass is 10.1. The van der Waals surface area contributed by atoms with Gasteiger partial charge in [0.15, 0.2) is 0 Å². The van der Waals surface area contributed by atoms with Gasteiger partial charge in [-0.25, -0.2) is 0 Å². The molecule has 0 bridgehead atoms. The van der Waals surface area contributed by atoms with Crippen LogP contribution in [0.15, 0.2) is 121 Å². The van der Waals surface area contributed by atoms with Crippen molar-refractivity contribution < 1.29 is 35.4 Å². The highest BCUT2D eigenvalue weighted by Crippen LogP contribution is 2.39. The maximum absolute atomic E-state index is 6.23. The molecule has 0 radical (unpaired) electrons. The van der Waals surface area contributed by atoms with E-state index >= 15 is 0 Å². The van der Waals surface area contributed by atoms with Gasteiger partial charge >= 0.3 is 18.1 Å². The molecule has 0 aliphatic heterocycles. The molecule has 0 atom stereocenters. The summed E-state index contributed by atoms with van der Waals surface area (Å²) < 4.78 is 47.9. The molecule has 0 saturated heterocycles. The van der Waals surface area contributed by atoms with Gasteiger partial charge in [0.25, 0.3) is 0 Å². The lowest BCUT2D eigenvalue weighted by molar-refractivity contribution is -0.0328. The van der Waals surface area contributed by atoms with Gasteiger partial charge in [-0.05, 0) is 139 Å². The largest absolute Gasteiger partial charge is 0.679 e. The van der Waals surface area contributed by atoms with Crippen LogP contribution >= 0.6 is 0 Å². The van der Waals surface area contributed by atoms with E-state index in [1.165, 1.54) is 11.1 Å². The van der Waals surface area contributed by atoms with Gasteiger partial charge in [0, 0.05) is 73.8 Å². The lowest BCUT2D eigenvalue weighted by Crippen LogP contribution is -2.49. The molecule has 5 aromatic rings. The second-order valence-corrected chi connectivity index (χ2v) is 17.7. The third kappa shape index (κ3) is 11.9. The van der Waals surface area contributed by atoms with E-state index in [4.69, 9.17) is 35.4 Å². The van der Waals surface area contributed by atoms with Crippen molar-refractivity contribution >= 4 is 52.2 Å². The van der Waals surface area contributed by atoms with Gasteiger partial charge < -0.3 is 45.2 Å². The van der Waals surface area contributed by atoms with Gasteiger partial charge in [0.05, 0.1) is 13.2 Å². The first kappa shape index (κ1) is 44.9. The summed E-state index contributed by atoms with van der Waals surface area (Å²) in [5, 5.41) is 0. The average Bonchev–Trinajstić information content (AvgIpc) is 3.23. The molecule has 0 amide bonds. The van der Waals surface area contributed by atoms with Crippen LogP contribution in [-0.2, 0) is 48.6 Å². The van der Waals surface area contributed by atoms with Crippen molar-refractivity contribution in [1.29, 1.82) is 0 Å². The van der Waals surface area contributed by atoms with E-state index in [0.29, 0.717) is 52.9 Å². The van der Waals surface area contributed by atoms with Crippen LogP contribution in [0.3, 0.4) is 0 Å². The average molecular weight is 825 g/mol. The summed E-state index contributed by atoms with van der Waals surface area (Å²) in [6, 6.07) is 42.6. The maximum atomic E-state index is 6.23. The Kier molecular flexibility index (Phi) is 17.2. The third-order valence-electron chi connectivity index (χ3n) is 9.10. The smallest absolute Gasteiger partial charge is 0.351 e. The van der Waals surface area contributed by atoms with Crippen molar-refractivity contribution in [3.8, 4) is 0 Å². The Morgan fingerprint density at radius 2 is 0.517 bits per heavy atom. The fraction of sp³-hybridized carbons (Fsp3) is 0.348. The van der Waals surface area contributed by atoms with Crippen LogP contribution in [0, 0.1) is 13.8 Å². The highest BCUT2D eigenvalue weighted by atomic mass is 28.4. The first-order valence-corrected chi connectivity index (χ1v) is 23.6. The Bertz CT molecular complexity index is 1750. The van der Waals surface area contributed by atoms with E-state index in [9.17, 15) is 0 Å². The van der Waals surface area contributed by atoms with Gasteiger partial charge in [-0.15, -0.1) is 0 Å². The minimum atomic E-state index is -3.25. The van der Waals surface area contributed by atoms with Crippen molar-refractivity contribution in [2.45, 2.75) is 68.6 Å². The Labute approximate surface area is 348 Å². The molecular formula is C46H60N2O8Si2. The molecule has 0 fully saturated rings. The second-order valence-electron chi connectivity index (χ2n) is 13.4. The molecule has 58 heavy (non-hydrogen) atoms. The van der Waals surface area contributed by atoms with Crippen LogP contribution in [0.4, 0.5) is 34.1 Å². The minimum absolute atomic E-state index is 0.310. The molecule has 5 aromatic carbocycles. The summed E-state index contributed by atoms with van der Waals surface area (Å²) in [7, 11) is -6.49. The summed E-state index contributed by atoms with van der Waals surface area (Å²) in [4.78, 5) is 4.52. The molecule has 0 aliphatic carbocycles. The van der Waals surface area contributed by atoms with Gasteiger partial charge in [0.2, 0.25) is 0 Å². The highest BCUT2D eigenvalue weighted by molar-refractivity contribution is 6.53. The van der Waals surface area contributed by atoms with Crippen LogP contribution < -0.4 is 9.80 Å². The van der Waals surface area contributed by atoms with Crippen LogP contribution in [0.2, 0.25) is 0 Å². The van der Waals surface area contributed by atoms with Crippen molar-refractivity contribution in [2.24, 2.45) is 0 Å². The van der Waals surface area contributed by atoms with Crippen LogP contribution in [0.1, 0.15) is 63.8 Å². The second kappa shape index (κ2) is 22.3. The number of nitrogens with zero attached hydrogens (tertiary/aromatic N) is 2. The van der Waals surface area contributed by atoms with Gasteiger partial charge in [-0.1, -0.05) is 59.7 Å². The van der Waals surface area contributed by atoms with Crippen LogP contribution in [0.5, 0.6) is 0 Å². The Morgan fingerprint density at radius 1 is 0.310 bits per heavy atom. The molecule has 0 unspecified atom stereocenters. The van der Waals surface area contributed by atoms with Crippen LogP contribution in [0.25, 0.3) is 0 Å². The van der Waals surface area contributed by atoms with Crippen LogP contribution in [-0.4, -0.2) is 57.7 Å². The highest BCUT2D eigenvalue weighted by Gasteiger charge is 2.45. The standard InChI is InChI=1S/C46H60N2O8Si2/c1-9-49-57(50-10-2,51-11-3)55-35-39-19-27-43(28-20-39)47(41-23-15-37(7)16-24-41)45-31-33-46(34-32-45)48(42-25-17-38(8)18-26-42)44-29-21-40(22-30-44)36-56-58(52-12-4,53-13-5)54-14-6/h15-34H,9-14,35-36H2,1-8H3. The molecule has 12 heteroatoms. The number of hydrogen-bond acceptors (Lipinski definition) is 10. The first-order chi connectivity index (χ1) is 28.2. The number of rotatable bonds is 24. The Morgan fingerprint density at radius 3 is 0.741 bits per heavy atom.